The van der Waals surface area contributed by atoms with E-state index in [0.717, 1.165) is 50.9 Å². The van der Waals surface area contributed by atoms with Gasteiger partial charge in [0.1, 0.15) is 0 Å². The van der Waals surface area contributed by atoms with Gasteiger partial charge in [-0.15, -0.1) is 0 Å². The van der Waals surface area contributed by atoms with E-state index in [1.807, 2.05) is 29.2 Å². The molecular weight excluding hydrogens is 318 g/mol. The van der Waals surface area contributed by atoms with E-state index in [2.05, 4.69) is 4.90 Å². The zero-order valence-corrected chi connectivity index (χ0v) is 14.8. The highest BCUT2D eigenvalue weighted by Crippen LogP contribution is 2.26. The smallest absolute Gasteiger partial charge is 0.253 e. The van der Waals surface area contributed by atoms with Crippen LogP contribution in [0.4, 0.5) is 0 Å². The molecule has 0 aliphatic carbocycles. The Morgan fingerprint density at radius 3 is 2.64 bits per heavy atom. The van der Waals surface area contributed by atoms with Gasteiger partial charge in [-0.1, -0.05) is 12.1 Å². The summed E-state index contributed by atoms with van der Waals surface area (Å²) in [6.07, 6.45) is 3.68. The van der Waals surface area contributed by atoms with Crippen LogP contribution < -0.4 is 5.73 Å². The fourth-order valence-corrected chi connectivity index (χ4v) is 4.08. The van der Waals surface area contributed by atoms with Crippen molar-refractivity contribution in [3.05, 3.63) is 35.4 Å². The van der Waals surface area contributed by atoms with Gasteiger partial charge >= 0.3 is 0 Å². The molecule has 0 bridgehead atoms. The molecule has 2 aliphatic rings. The van der Waals surface area contributed by atoms with Gasteiger partial charge in [0.15, 0.2) is 0 Å². The molecular formula is C19H27N3O3. The molecule has 6 heteroatoms. The van der Waals surface area contributed by atoms with Gasteiger partial charge in [0.2, 0.25) is 5.91 Å². The minimum atomic E-state index is -0.217. The van der Waals surface area contributed by atoms with Crippen LogP contribution in [0.15, 0.2) is 24.3 Å². The van der Waals surface area contributed by atoms with Crippen molar-refractivity contribution in [3.63, 3.8) is 0 Å². The summed E-state index contributed by atoms with van der Waals surface area (Å²) in [5, 5.41) is 0. The Morgan fingerprint density at radius 2 is 1.96 bits per heavy atom. The average Bonchev–Trinajstić information content (AvgIpc) is 3.12. The lowest BCUT2D eigenvalue weighted by Crippen LogP contribution is -2.51. The number of rotatable bonds is 5. The molecule has 136 valence electrons. The van der Waals surface area contributed by atoms with E-state index in [4.69, 9.17) is 10.5 Å². The summed E-state index contributed by atoms with van der Waals surface area (Å²) in [5.74, 6) is -0.143. The van der Waals surface area contributed by atoms with Crippen molar-refractivity contribution in [2.45, 2.75) is 44.4 Å². The Labute approximate surface area is 148 Å². The number of methoxy groups -OCH3 is 1. The average molecular weight is 345 g/mol. The van der Waals surface area contributed by atoms with Gasteiger partial charge in [0.05, 0.1) is 12.6 Å². The largest absolute Gasteiger partial charge is 0.380 e. The van der Waals surface area contributed by atoms with Crippen LogP contribution in [0.2, 0.25) is 0 Å². The second-order valence-electron chi connectivity index (χ2n) is 6.95. The standard InChI is InChI=1S/C19H27N3O3/c1-25-13-14-4-2-5-15(12-14)19(24)21-10-7-16(8-11-21)22-9-3-6-17(22)18(20)23/h2,4-5,12,16-17H,3,6-11,13H2,1H3,(H2,20,23)/t17-/m1/s1. The number of carbonyl (C=O) groups is 2. The molecule has 2 saturated heterocycles. The van der Waals surface area contributed by atoms with Crippen LogP contribution in [0.25, 0.3) is 0 Å². The highest BCUT2D eigenvalue weighted by molar-refractivity contribution is 5.94. The zero-order chi connectivity index (χ0) is 17.8. The molecule has 0 radical (unpaired) electrons. The second kappa shape index (κ2) is 7.97. The van der Waals surface area contributed by atoms with Crippen molar-refractivity contribution in [2.24, 2.45) is 5.73 Å². The van der Waals surface area contributed by atoms with Crippen molar-refractivity contribution in [3.8, 4) is 0 Å². The molecule has 0 aromatic heterocycles. The predicted octanol–water partition coefficient (Wildman–Crippen LogP) is 1.39. The molecule has 0 spiro atoms. The second-order valence-corrected chi connectivity index (χ2v) is 6.95. The van der Waals surface area contributed by atoms with E-state index < -0.39 is 0 Å². The van der Waals surface area contributed by atoms with Gasteiger partial charge in [-0.2, -0.15) is 0 Å². The molecule has 3 rings (SSSR count). The molecule has 2 fully saturated rings. The molecule has 2 N–H and O–H groups in total. The van der Waals surface area contributed by atoms with E-state index in [0.29, 0.717) is 18.2 Å². The number of piperidine rings is 1. The molecule has 1 aromatic rings. The number of carbonyl (C=O) groups excluding carboxylic acids is 2. The number of benzene rings is 1. The summed E-state index contributed by atoms with van der Waals surface area (Å²) in [7, 11) is 1.65. The first-order chi connectivity index (χ1) is 12.1. The monoisotopic (exact) mass is 345 g/mol. The van der Waals surface area contributed by atoms with Gasteiger partial charge in [0.25, 0.3) is 5.91 Å². The quantitative estimate of drug-likeness (QED) is 0.875. The summed E-state index contributed by atoms with van der Waals surface area (Å²) in [4.78, 5) is 28.5. The summed E-state index contributed by atoms with van der Waals surface area (Å²) < 4.78 is 5.14. The third-order valence-corrected chi connectivity index (χ3v) is 5.33. The summed E-state index contributed by atoms with van der Waals surface area (Å²) >= 11 is 0. The Morgan fingerprint density at radius 1 is 1.20 bits per heavy atom. The molecule has 0 unspecified atom stereocenters. The van der Waals surface area contributed by atoms with E-state index in [1.54, 1.807) is 7.11 Å². The van der Waals surface area contributed by atoms with Crippen LogP contribution in [0.1, 0.15) is 41.6 Å². The Hall–Kier alpha value is -1.92. The van der Waals surface area contributed by atoms with Crippen molar-refractivity contribution >= 4 is 11.8 Å². The van der Waals surface area contributed by atoms with Crippen molar-refractivity contribution in [1.82, 2.24) is 9.80 Å². The van der Waals surface area contributed by atoms with Gasteiger partial charge in [-0.05, 0) is 49.9 Å². The summed E-state index contributed by atoms with van der Waals surface area (Å²) in [6.45, 7) is 2.89. The number of nitrogens with two attached hydrogens (primary N) is 1. The third-order valence-electron chi connectivity index (χ3n) is 5.33. The topological polar surface area (TPSA) is 75.9 Å². The van der Waals surface area contributed by atoms with Crippen LogP contribution in [-0.2, 0) is 16.1 Å². The highest BCUT2D eigenvalue weighted by atomic mass is 16.5. The molecule has 1 atom stereocenters. The maximum absolute atomic E-state index is 12.8. The molecule has 0 saturated carbocycles. The number of hydrogen-bond acceptors (Lipinski definition) is 4. The van der Waals surface area contributed by atoms with E-state index in [-0.39, 0.29) is 17.9 Å². The number of amides is 2. The van der Waals surface area contributed by atoms with E-state index in [1.165, 1.54) is 0 Å². The summed E-state index contributed by atoms with van der Waals surface area (Å²) in [5.41, 5.74) is 7.25. The first kappa shape index (κ1) is 17.9. The fraction of sp³-hybridized carbons (Fsp3) is 0.579. The van der Waals surface area contributed by atoms with Gasteiger partial charge in [-0.3, -0.25) is 14.5 Å². The van der Waals surface area contributed by atoms with Gasteiger partial charge in [-0.25, -0.2) is 0 Å². The first-order valence-corrected chi connectivity index (χ1v) is 9.02. The maximum atomic E-state index is 12.8. The molecule has 1 aromatic carbocycles. The van der Waals surface area contributed by atoms with Crippen LogP contribution in [-0.4, -0.2) is 60.4 Å². The van der Waals surface area contributed by atoms with Crippen molar-refractivity contribution in [1.29, 1.82) is 0 Å². The SMILES string of the molecule is COCc1cccc(C(=O)N2CCC(N3CCC[C@@H]3C(N)=O)CC2)c1. The number of nitrogens with zero attached hydrogens (tertiary/aromatic N) is 2. The minimum absolute atomic E-state index is 0.0734. The minimum Gasteiger partial charge on any atom is -0.380 e. The molecule has 6 nitrogen and oxygen atoms in total. The first-order valence-electron chi connectivity index (χ1n) is 9.02. The Balaban J connectivity index is 1.59. The lowest BCUT2D eigenvalue weighted by Gasteiger charge is -2.38. The van der Waals surface area contributed by atoms with Crippen molar-refractivity contribution < 1.29 is 14.3 Å². The van der Waals surface area contributed by atoms with Gasteiger partial charge < -0.3 is 15.4 Å². The zero-order valence-electron chi connectivity index (χ0n) is 14.8. The van der Waals surface area contributed by atoms with Crippen LogP contribution >= 0.6 is 0 Å². The predicted molar refractivity (Wildman–Crippen MR) is 95.0 cm³/mol. The normalized spacial score (nSPS) is 22.3. The Bertz CT molecular complexity index is 626. The van der Waals surface area contributed by atoms with Gasteiger partial charge in [0, 0.05) is 31.8 Å². The lowest BCUT2D eigenvalue weighted by atomic mass is 10.0. The lowest BCUT2D eigenvalue weighted by molar-refractivity contribution is -0.123. The number of ether oxygens (including phenoxy) is 1. The maximum Gasteiger partial charge on any atom is 0.253 e. The van der Waals surface area contributed by atoms with Crippen LogP contribution in [0.3, 0.4) is 0 Å². The van der Waals surface area contributed by atoms with Crippen molar-refractivity contribution in [2.75, 3.05) is 26.7 Å². The number of likely N-dealkylation sites (tertiary alicyclic amines) is 2. The third kappa shape index (κ3) is 4.02. The molecule has 2 amide bonds. The van der Waals surface area contributed by atoms with Crippen LogP contribution in [0, 0.1) is 0 Å². The molecule has 25 heavy (non-hydrogen) atoms. The Kier molecular flexibility index (Phi) is 5.71. The fourth-order valence-electron chi connectivity index (χ4n) is 4.08. The molecule has 2 aliphatic heterocycles. The van der Waals surface area contributed by atoms with E-state index >= 15 is 0 Å². The van der Waals surface area contributed by atoms with Crippen LogP contribution in [0.5, 0.6) is 0 Å². The summed E-state index contributed by atoms with van der Waals surface area (Å²) in [6, 6.07) is 7.85. The molecule has 2 heterocycles. The van der Waals surface area contributed by atoms with E-state index in [9.17, 15) is 9.59 Å². The highest BCUT2D eigenvalue weighted by Gasteiger charge is 2.36. The number of primary amides is 1. The number of hydrogen-bond donors (Lipinski definition) is 1.